The van der Waals surface area contributed by atoms with Gasteiger partial charge in [0.15, 0.2) is 0 Å². The number of nitrogens with zero attached hydrogens (tertiary/aromatic N) is 2. The van der Waals surface area contributed by atoms with Gasteiger partial charge in [0.25, 0.3) is 0 Å². The van der Waals surface area contributed by atoms with Gasteiger partial charge in [0.2, 0.25) is 0 Å². The van der Waals surface area contributed by atoms with Crippen molar-refractivity contribution in [2.45, 2.75) is 11.8 Å². The molecule has 1 N–H and O–H groups in total. The lowest BCUT2D eigenvalue weighted by Gasteiger charge is -2.07. The van der Waals surface area contributed by atoms with Crippen LogP contribution in [-0.2, 0) is 5.41 Å². The second-order valence-electron chi connectivity index (χ2n) is 3.76. The highest BCUT2D eigenvalue weighted by Crippen LogP contribution is 2.54. The van der Waals surface area contributed by atoms with Crippen LogP contribution in [0, 0.1) is 5.92 Å². The van der Waals surface area contributed by atoms with Crippen molar-refractivity contribution in [3.05, 3.63) is 24.3 Å². The molecule has 0 radical (unpaired) electrons. The zero-order valence-electron chi connectivity index (χ0n) is 6.83. The number of hydrogen-bond donors (Lipinski definition) is 1. The van der Waals surface area contributed by atoms with Crippen LogP contribution in [0.1, 0.15) is 12.2 Å². The number of hydrogen-bond acceptors (Lipinski definition) is 3. The molecule has 2 heterocycles. The quantitative estimate of drug-likeness (QED) is 0.645. The first-order chi connectivity index (χ1) is 5.92. The molecule has 2 atom stereocenters. The van der Waals surface area contributed by atoms with Crippen molar-refractivity contribution in [3.63, 3.8) is 0 Å². The van der Waals surface area contributed by atoms with Gasteiger partial charge in [-0.2, -0.15) is 0 Å². The summed E-state index contributed by atoms with van der Waals surface area (Å²) >= 11 is 0. The molecule has 3 heteroatoms. The van der Waals surface area contributed by atoms with Gasteiger partial charge in [0.1, 0.15) is 5.82 Å². The molecular formula is C9H11N3. The van der Waals surface area contributed by atoms with Crippen molar-refractivity contribution in [1.82, 2.24) is 15.3 Å². The SMILES string of the molecule is c1cnc(C23CNCC2C3)nc1. The minimum Gasteiger partial charge on any atom is -0.315 e. The van der Waals surface area contributed by atoms with Crippen LogP contribution in [0.25, 0.3) is 0 Å². The highest BCUT2D eigenvalue weighted by Gasteiger charge is 2.60. The third-order valence-corrected chi connectivity index (χ3v) is 3.07. The summed E-state index contributed by atoms with van der Waals surface area (Å²) in [7, 11) is 0. The molecule has 1 aromatic heterocycles. The summed E-state index contributed by atoms with van der Waals surface area (Å²) in [5.41, 5.74) is 0.321. The Hall–Kier alpha value is -0.960. The molecule has 1 aliphatic heterocycles. The van der Waals surface area contributed by atoms with E-state index >= 15 is 0 Å². The summed E-state index contributed by atoms with van der Waals surface area (Å²) in [4.78, 5) is 8.65. The minimum absolute atomic E-state index is 0.321. The fraction of sp³-hybridized carbons (Fsp3) is 0.556. The van der Waals surface area contributed by atoms with Crippen molar-refractivity contribution >= 4 is 0 Å². The maximum atomic E-state index is 4.32. The van der Waals surface area contributed by atoms with Crippen LogP contribution < -0.4 is 5.32 Å². The first-order valence-corrected chi connectivity index (χ1v) is 4.40. The zero-order valence-corrected chi connectivity index (χ0v) is 6.83. The predicted octanol–water partition coefficient (Wildman–Crippen LogP) is 0.337. The van der Waals surface area contributed by atoms with E-state index in [1.165, 1.54) is 6.42 Å². The van der Waals surface area contributed by atoms with Crippen LogP contribution in [0.2, 0.25) is 0 Å². The molecule has 3 rings (SSSR count). The Balaban J connectivity index is 2.00. The Bertz CT molecular complexity index is 298. The fourth-order valence-electron chi connectivity index (χ4n) is 2.24. The van der Waals surface area contributed by atoms with Gasteiger partial charge >= 0.3 is 0 Å². The molecule has 12 heavy (non-hydrogen) atoms. The molecule has 1 aliphatic carbocycles. The van der Waals surface area contributed by atoms with Crippen LogP contribution in [0.3, 0.4) is 0 Å². The molecular weight excluding hydrogens is 150 g/mol. The number of rotatable bonds is 1. The molecule has 2 unspecified atom stereocenters. The average Bonchev–Trinajstić information content (AvgIpc) is 2.72. The van der Waals surface area contributed by atoms with Gasteiger partial charge in [-0.1, -0.05) is 0 Å². The third-order valence-electron chi connectivity index (χ3n) is 3.07. The smallest absolute Gasteiger partial charge is 0.135 e. The van der Waals surface area contributed by atoms with Gasteiger partial charge in [-0.3, -0.25) is 0 Å². The molecule has 2 aliphatic rings. The monoisotopic (exact) mass is 161 g/mol. The Morgan fingerprint density at radius 1 is 1.42 bits per heavy atom. The molecule has 1 aromatic rings. The van der Waals surface area contributed by atoms with E-state index in [0.29, 0.717) is 5.41 Å². The summed E-state index contributed by atoms with van der Waals surface area (Å²) in [5, 5.41) is 3.38. The van der Waals surface area contributed by atoms with Gasteiger partial charge in [0, 0.05) is 24.4 Å². The summed E-state index contributed by atoms with van der Waals surface area (Å²) in [6.07, 6.45) is 4.96. The van der Waals surface area contributed by atoms with Crippen molar-refractivity contribution in [3.8, 4) is 0 Å². The molecule has 3 nitrogen and oxygen atoms in total. The zero-order chi connectivity index (χ0) is 8.02. The Kier molecular flexibility index (Phi) is 1.11. The highest BCUT2D eigenvalue weighted by molar-refractivity contribution is 5.26. The van der Waals surface area contributed by atoms with Gasteiger partial charge < -0.3 is 5.32 Å². The summed E-state index contributed by atoms with van der Waals surface area (Å²) < 4.78 is 0. The largest absolute Gasteiger partial charge is 0.315 e. The van der Waals surface area contributed by atoms with Crippen LogP contribution in [0.5, 0.6) is 0 Å². The number of piperidine rings is 1. The van der Waals surface area contributed by atoms with E-state index in [9.17, 15) is 0 Å². The van der Waals surface area contributed by atoms with Gasteiger partial charge in [-0.05, 0) is 24.9 Å². The lowest BCUT2D eigenvalue weighted by atomic mass is 10.1. The predicted molar refractivity (Wildman–Crippen MR) is 44.7 cm³/mol. The second kappa shape index (κ2) is 2.04. The van der Waals surface area contributed by atoms with Crippen LogP contribution >= 0.6 is 0 Å². The number of fused-ring (bicyclic) bond motifs is 1. The van der Waals surface area contributed by atoms with Crippen LogP contribution in [0.4, 0.5) is 0 Å². The van der Waals surface area contributed by atoms with Crippen LogP contribution in [-0.4, -0.2) is 23.1 Å². The first-order valence-electron chi connectivity index (χ1n) is 4.40. The van der Waals surface area contributed by atoms with E-state index in [1.54, 1.807) is 0 Å². The molecule has 0 bridgehead atoms. The fourth-order valence-corrected chi connectivity index (χ4v) is 2.24. The van der Waals surface area contributed by atoms with Crippen molar-refractivity contribution < 1.29 is 0 Å². The lowest BCUT2D eigenvalue weighted by molar-refractivity contribution is 0.633. The van der Waals surface area contributed by atoms with E-state index in [4.69, 9.17) is 0 Å². The van der Waals surface area contributed by atoms with Crippen molar-refractivity contribution in [2.75, 3.05) is 13.1 Å². The van der Waals surface area contributed by atoms with Crippen molar-refractivity contribution in [2.24, 2.45) is 5.92 Å². The summed E-state index contributed by atoms with van der Waals surface area (Å²) in [6, 6.07) is 1.87. The van der Waals surface area contributed by atoms with E-state index < -0.39 is 0 Å². The Morgan fingerprint density at radius 2 is 2.25 bits per heavy atom. The maximum absolute atomic E-state index is 4.32. The van der Waals surface area contributed by atoms with Crippen molar-refractivity contribution in [1.29, 1.82) is 0 Å². The summed E-state index contributed by atoms with van der Waals surface area (Å²) in [5.74, 6) is 1.85. The molecule has 2 fully saturated rings. The Morgan fingerprint density at radius 3 is 2.83 bits per heavy atom. The molecule has 1 saturated carbocycles. The average molecular weight is 161 g/mol. The topological polar surface area (TPSA) is 37.8 Å². The van der Waals surface area contributed by atoms with E-state index in [1.807, 2.05) is 18.5 Å². The van der Waals surface area contributed by atoms with Gasteiger partial charge in [-0.25, -0.2) is 9.97 Å². The summed E-state index contributed by atoms with van der Waals surface area (Å²) in [6.45, 7) is 2.22. The second-order valence-corrected chi connectivity index (χ2v) is 3.76. The molecule has 0 spiro atoms. The highest BCUT2D eigenvalue weighted by atomic mass is 15.0. The number of aromatic nitrogens is 2. The molecule has 0 aromatic carbocycles. The van der Waals surface area contributed by atoms with E-state index in [-0.39, 0.29) is 0 Å². The third kappa shape index (κ3) is 0.693. The molecule has 0 amide bonds. The first kappa shape index (κ1) is 6.54. The van der Waals surface area contributed by atoms with E-state index in [2.05, 4.69) is 15.3 Å². The molecule has 1 saturated heterocycles. The normalized spacial score (nSPS) is 37.8. The van der Waals surface area contributed by atoms with Crippen LogP contribution in [0.15, 0.2) is 18.5 Å². The van der Waals surface area contributed by atoms with Gasteiger partial charge in [0.05, 0.1) is 0 Å². The lowest BCUT2D eigenvalue weighted by Crippen LogP contribution is -2.21. The Labute approximate surface area is 71.2 Å². The van der Waals surface area contributed by atoms with Gasteiger partial charge in [-0.15, -0.1) is 0 Å². The van der Waals surface area contributed by atoms with E-state index in [0.717, 1.165) is 24.8 Å². The maximum Gasteiger partial charge on any atom is 0.135 e. The minimum atomic E-state index is 0.321. The number of nitrogens with one attached hydrogen (secondary N) is 1. The standard InChI is InChI=1S/C9H11N3/c1-2-11-8(12-3-1)9-4-7(9)5-10-6-9/h1-3,7,10H,4-6H2. The molecule has 62 valence electrons.